The molecule has 0 rings (SSSR count). The molecule has 0 heterocycles. The molecule has 2 N–H and O–H groups in total. The fourth-order valence-corrected chi connectivity index (χ4v) is 6.33. The van der Waals surface area contributed by atoms with E-state index in [0.29, 0.717) is 12.8 Å². The van der Waals surface area contributed by atoms with Gasteiger partial charge in [-0.05, 0) is 32.1 Å². The van der Waals surface area contributed by atoms with Crippen LogP contribution in [0.3, 0.4) is 0 Å². The summed E-state index contributed by atoms with van der Waals surface area (Å²) in [7, 11) is -4.74. The van der Waals surface area contributed by atoms with Crippen LogP contribution in [-0.4, -0.2) is 41.0 Å². The molecule has 0 unspecified atom stereocenters. The van der Waals surface area contributed by atoms with Crippen molar-refractivity contribution in [1.29, 1.82) is 0 Å². The number of carbonyl (C=O) groups is 2. The fourth-order valence-electron chi connectivity index (χ4n) is 5.97. The summed E-state index contributed by atoms with van der Waals surface area (Å²) in [5.74, 6) is -0.918. The molecule has 49 heavy (non-hydrogen) atoms. The smallest absolute Gasteiger partial charge is 0.462 e. The molecule has 0 amide bonds. The van der Waals surface area contributed by atoms with Crippen LogP contribution in [0.5, 0.6) is 0 Å². The van der Waals surface area contributed by atoms with Crippen LogP contribution in [0.25, 0.3) is 0 Å². The lowest BCUT2D eigenvalue weighted by Crippen LogP contribution is -2.29. The van der Waals surface area contributed by atoms with Crippen LogP contribution in [0, 0.1) is 0 Å². The molecule has 1 atom stereocenters. The van der Waals surface area contributed by atoms with Gasteiger partial charge in [0.25, 0.3) is 0 Å². The van der Waals surface area contributed by atoms with Gasteiger partial charge in [-0.2, -0.15) is 0 Å². The predicted molar refractivity (Wildman–Crippen MR) is 202 cm³/mol. The summed E-state index contributed by atoms with van der Waals surface area (Å²) in [6.07, 6.45) is 39.8. The quantitative estimate of drug-likeness (QED) is 0.0280. The third kappa shape index (κ3) is 39.4. The minimum absolute atomic E-state index is 0.209. The van der Waals surface area contributed by atoms with E-state index < -0.39 is 32.5 Å². The summed E-state index contributed by atoms with van der Waals surface area (Å²) in [6, 6.07) is 0. The Morgan fingerprint density at radius 1 is 0.510 bits per heavy atom. The lowest BCUT2D eigenvalue weighted by molar-refractivity contribution is -0.161. The highest BCUT2D eigenvalue weighted by atomic mass is 31.2. The Kier molecular flexibility index (Phi) is 35.7. The topological polar surface area (TPSA) is 119 Å². The molecule has 0 saturated heterocycles. The first kappa shape index (κ1) is 47.8. The van der Waals surface area contributed by atoms with Gasteiger partial charge in [-0.15, -0.1) is 0 Å². The lowest BCUT2D eigenvalue weighted by Gasteiger charge is -2.18. The number of ether oxygens (including phenoxy) is 2. The maximum Gasteiger partial charge on any atom is 0.469 e. The number of hydrogen-bond donors (Lipinski definition) is 2. The molecule has 9 heteroatoms. The number of phosphoric acid groups is 1. The van der Waals surface area contributed by atoms with Crippen LogP contribution in [0.2, 0.25) is 0 Å². The molecular formula is C40H77O8P. The first-order valence-electron chi connectivity index (χ1n) is 20.5. The molecule has 0 radical (unpaired) electrons. The zero-order chi connectivity index (χ0) is 36.1. The van der Waals surface area contributed by atoms with Crippen LogP contribution in [0.1, 0.15) is 213 Å². The Bertz CT molecular complexity index is 812. The number of unbranched alkanes of at least 4 members (excludes halogenated alkanes) is 26. The summed E-state index contributed by atoms with van der Waals surface area (Å²) in [5.41, 5.74) is 0. The molecule has 0 bridgehead atoms. The normalized spacial score (nSPS) is 12.5. The van der Waals surface area contributed by atoms with Crippen molar-refractivity contribution < 1.29 is 37.9 Å². The van der Waals surface area contributed by atoms with E-state index in [1.807, 2.05) is 0 Å². The average molecular weight is 717 g/mol. The SMILES string of the molecule is CCCCCCCCCCCCCCCCCCCC/C=C/CCCC(=O)OC[C@H](COP(=O)(O)O)OC(=O)CCCCCCCCCC. The van der Waals surface area contributed by atoms with E-state index in [2.05, 4.69) is 30.5 Å². The van der Waals surface area contributed by atoms with Crippen LogP contribution in [0.15, 0.2) is 12.2 Å². The maximum atomic E-state index is 12.3. The number of carbonyl (C=O) groups excluding carboxylic acids is 2. The maximum absolute atomic E-state index is 12.3. The lowest BCUT2D eigenvalue weighted by atomic mass is 10.0. The van der Waals surface area contributed by atoms with Crippen molar-refractivity contribution in [2.75, 3.05) is 13.2 Å². The van der Waals surface area contributed by atoms with Crippen molar-refractivity contribution in [2.24, 2.45) is 0 Å². The number of phosphoric ester groups is 1. The molecule has 0 fully saturated rings. The monoisotopic (exact) mass is 717 g/mol. The summed E-state index contributed by atoms with van der Waals surface area (Å²) in [5, 5.41) is 0. The van der Waals surface area contributed by atoms with Crippen LogP contribution in [0.4, 0.5) is 0 Å². The van der Waals surface area contributed by atoms with Gasteiger partial charge in [-0.1, -0.05) is 180 Å². The van der Waals surface area contributed by atoms with Gasteiger partial charge < -0.3 is 19.3 Å². The van der Waals surface area contributed by atoms with Crippen LogP contribution >= 0.6 is 7.82 Å². The molecule has 0 aliphatic heterocycles. The minimum atomic E-state index is -4.74. The molecule has 0 aromatic heterocycles. The second kappa shape index (κ2) is 36.6. The first-order valence-corrected chi connectivity index (χ1v) is 22.0. The third-order valence-corrected chi connectivity index (χ3v) is 9.52. The zero-order valence-corrected chi connectivity index (χ0v) is 32.8. The number of hydrogen-bond acceptors (Lipinski definition) is 6. The highest BCUT2D eigenvalue weighted by Gasteiger charge is 2.22. The van der Waals surface area contributed by atoms with Crippen molar-refractivity contribution in [2.45, 2.75) is 219 Å². The van der Waals surface area contributed by atoms with Crippen molar-refractivity contribution in [1.82, 2.24) is 0 Å². The van der Waals surface area contributed by atoms with E-state index in [0.717, 1.165) is 32.1 Å². The second-order valence-electron chi connectivity index (χ2n) is 14.0. The van der Waals surface area contributed by atoms with Crippen LogP contribution in [-0.2, 0) is 28.2 Å². The number of rotatable bonds is 38. The Labute approximate surface area is 301 Å². The Morgan fingerprint density at radius 2 is 0.878 bits per heavy atom. The fraction of sp³-hybridized carbons (Fsp3) is 0.900. The van der Waals surface area contributed by atoms with Gasteiger partial charge >= 0.3 is 19.8 Å². The zero-order valence-electron chi connectivity index (χ0n) is 31.9. The molecule has 8 nitrogen and oxygen atoms in total. The van der Waals surface area contributed by atoms with Crippen LogP contribution < -0.4 is 0 Å². The van der Waals surface area contributed by atoms with Gasteiger partial charge in [-0.25, -0.2) is 4.57 Å². The molecular weight excluding hydrogens is 639 g/mol. The molecule has 0 spiro atoms. The Morgan fingerprint density at radius 3 is 1.31 bits per heavy atom. The minimum Gasteiger partial charge on any atom is -0.462 e. The second-order valence-corrected chi connectivity index (χ2v) is 15.2. The van der Waals surface area contributed by atoms with Crippen molar-refractivity contribution in [3.63, 3.8) is 0 Å². The first-order chi connectivity index (χ1) is 23.8. The molecule has 290 valence electrons. The van der Waals surface area contributed by atoms with Gasteiger partial charge in [0.2, 0.25) is 0 Å². The van der Waals surface area contributed by atoms with E-state index in [1.54, 1.807) is 0 Å². The Hall–Kier alpha value is -1.21. The average Bonchev–Trinajstić information content (AvgIpc) is 3.07. The van der Waals surface area contributed by atoms with Crippen molar-refractivity contribution >= 4 is 19.8 Å². The Balaban J connectivity index is 3.78. The molecule has 0 saturated carbocycles. The number of allylic oxidation sites excluding steroid dienone is 2. The highest BCUT2D eigenvalue weighted by Crippen LogP contribution is 2.36. The summed E-state index contributed by atoms with van der Waals surface area (Å²) >= 11 is 0. The van der Waals surface area contributed by atoms with Crippen molar-refractivity contribution in [3.8, 4) is 0 Å². The van der Waals surface area contributed by atoms with Gasteiger partial charge in [-0.3, -0.25) is 14.1 Å². The predicted octanol–water partition coefficient (Wildman–Crippen LogP) is 12.2. The van der Waals surface area contributed by atoms with Gasteiger partial charge in [0.05, 0.1) is 6.61 Å². The van der Waals surface area contributed by atoms with E-state index >= 15 is 0 Å². The number of esters is 2. The summed E-state index contributed by atoms with van der Waals surface area (Å²) < 4.78 is 26.2. The molecule has 0 aromatic carbocycles. The van der Waals surface area contributed by atoms with Gasteiger partial charge in [0.15, 0.2) is 6.10 Å². The van der Waals surface area contributed by atoms with E-state index in [4.69, 9.17) is 19.3 Å². The van der Waals surface area contributed by atoms with Gasteiger partial charge in [0, 0.05) is 12.8 Å². The van der Waals surface area contributed by atoms with E-state index in [1.165, 1.54) is 141 Å². The third-order valence-electron chi connectivity index (χ3n) is 9.03. The summed E-state index contributed by atoms with van der Waals surface area (Å²) in [4.78, 5) is 42.5. The summed E-state index contributed by atoms with van der Waals surface area (Å²) in [6.45, 7) is 3.63. The highest BCUT2D eigenvalue weighted by molar-refractivity contribution is 7.46. The van der Waals surface area contributed by atoms with Gasteiger partial charge in [0.1, 0.15) is 6.61 Å². The van der Waals surface area contributed by atoms with Crippen molar-refractivity contribution in [3.05, 3.63) is 12.2 Å². The largest absolute Gasteiger partial charge is 0.469 e. The molecule has 0 aliphatic carbocycles. The molecule has 0 aliphatic rings. The standard InChI is InChI=1S/C40H77O8P/c1-3-5-7-9-11-13-14-15-16-17-18-19-20-21-22-23-24-25-26-27-29-30-32-34-39(41)46-36-38(37-47-49(43,44)45)48-40(42)35-33-31-28-12-10-8-6-4-2/h27,29,38H,3-26,28,30-37H2,1-2H3,(H2,43,44,45)/b29-27+/t38-/m1/s1. The molecule has 0 aromatic rings. The van der Waals surface area contributed by atoms with E-state index in [-0.39, 0.29) is 19.4 Å². The van der Waals surface area contributed by atoms with E-state index in [9.17, 15) is 14.2 Å².